The van der Waals surface area contributed by atoms with Crippen molar-refractivity contribution in [3.63, 3.8) is 0 Å². The van der Waals surface area contributed by atoms with E-state index in [0.29, 0.717) is 12.0 Å². The standard InChI is InChI=1S/C23H29N3O5.CH4/c1-3-16-6-8-17(9-7-16)18-10-12-19(13-11-18)22(29)24-14-4-5-20(28)25-21(15(2)27)23(30)26-31;/h6-13,15,21,27,31H,3-5,14H2,1-2H3,(H,24,29)(H,25,28)(H,26,30);1H4/t15-,21+;/m1./s1. The number of benzene rings is 2. The monoisotopic (exact) mass is 443 g/mol. The molecule has 8 nitrogen and oxygen atoms in total. The number of amides is 3. The van der Waals surface area contributed by atoms with Gasteiger partial charge < -0.3 is 15.7 Å². The molecule has 3 amide bonds. The van der Waals surface area contributed by atoms with E-state index in [1.807, 2.05) is 12.1 Å². The van der Waals surface area contributed by atoms with Crippen molar-refractivity contribution in [1.29, 1.82) is 0 Å². The van der Waals surface area contributed by atoms with Crippen LogP contribution in [0.2, 0.25) is 0 Å². The minimum Gasteiger partial charge on any atom is -0.391 e. The number of aliphatic hydroxyl groups excluding tert-OH is 1. The number of hydrogen-bond acceptors (Lipinski definition) is 5. The highest BCUT2D eigenvalue weighted by molar-refractivity contribution is 5.94. The summed E-state index contributed by atoms with van der Waals surface area (Å²) in [5.41, 5.74) is 5.30. The van der Waals surface area contributed by atoms with Gasteiger partial charge in [0, 0.05) is 18.5 Å². The molecule has 0 saturated carbocycles. The Hall–Kier alpha value is -3.23. The van der Waals surface area contributed by atoms with Gasteiger partial charge in [-0.3, -0.25) is 19.6 Å². The molecule has 5 N–H and O–H groups in total. The molecule has 0 fully saturated rings. The molecule has 8 heteroatoms. The lowest BCUT2D eigenvalue weighted by Crippen LogP contribution is -2.51. The first kappa shape index (κ1) is 26.8. The third kappa shape index (κ3) is 7.79. The first-order valence-corrected chi connectivity index (χ1v) is 10.2. The second kappa shape index (κ2) is 13.2. The lowest BCUT2D eigenvalue weighted by atomic mass is 10.0. The molecule has 0 radical (unpaired) electrons. The van der Waals surface area contributed by atoms with Crippen molar-refractivity contribution in [3.05, 3.63) is 59.7 Å². The largest absolute Gasteiger partial charge is 0.391 e. The Balaban J connectivity index is 0.00000512. The topological polar surface area (TPSA) is 128 Å². The zero-order valence-corrected chi connectivity index (χ0v) is 17.7. The maximum absolute atomic E-state index is 12.3. The predicted octanol–water partition coefficient (Wildman–Crippen LogP) is 2.43. The number of carbonyl (C=O) groups is 3. The normalized spacial score (nSPS) is 12.1. The van der Waals surface area contributed by atoms with Crippen molar-refractivity contribution in [3.8, 4) is 11.1 Å². The summed E-state index contributed by atoms with van der Waals surface area (Å²) in [6.45, 7) is 3.71. The molecule has 2 atom stereocenters. The van der Waals surface area contributed by atoms with Crippen molar-refractivity contribution in [2.45, 2.75) is 52.7 Å². The first-order chi connectivity index (χ1) is 14.8. The van der Waals surface area contributed by atoms with Crippen LogP contribution in [0.3, 0.4) is 0 Å². The van der Waals surface area contributed by atoms with Crippen LogP contribution in [0.25, 0.3) is 11.1 Å². The van der Waals surface area contributed by atoms with E-state index in [9.17, 15) is 19.5 Å². The van der Waals surface area contributed by atoms with Crippen molar-refractivity contribution < 1.29 is 24.7 Å². The molecule has 32 heavy (non-hydrogen) atoms. The van der Waals surface area contributed by atoms with Crippen LogP contribution in [0.1, 0.15) is 50.0 Å². The summed E-state index contributed by atoms with van der Waals surface area (Å²) in [6.07, 6.45) is 0.227. The highest BCUT2D eigenvalue weighted by Crippen LogP contribution is 2.20. The average Bonchev–Trinajstić information content (AvgIpc) is 2.79. The van der Waals surface area contributed by atoms with E-state index >= 15 is 0 Å². The maximum atomic E-state index is 12.3. The number of hydroxylamine groups is 1. The lowest BCUT2D eigenvalue weighted by Gasteiger charge is -2.19. The number of aryl methyl sites for hydroxylation is 1. The second-order valence-corrected chi connectivity index (χ2v) is 7.25. The van der Waals surface area contributed by atoms with Gasteiger partial charge >= 0.3 is 0 Å². The average molecular weight is 444 g/mol. The summed E-state index contributed by atoms with van der Waals surface area (Å²) in [7, 11) is 0. The smallest absolute Gasteiger partial charge is 0.268 e. The molecule has 0 aromatic heterocycles. The van der Waals surface area contributed by atoms with Crippen molar-refractivity contribution in [2.24, 2.45) is 0 Å². The van der Waals surface area contributed by atoms with Crippen LogP contribution >= 0.6 is 0 Å². The van der Waals surface area contributed by atoms with Crippen LogP contribution in [-0.2, 0) is 16.0 Å². The fourth-order valence-corrected chi connectivity index (χ4v) is 3.02. The minimum absolute atomic E-state index is 0. The van der Waals surface area contributed by atoms with Crippen LogP contribution in [0.15, 0.2) is 48.5 Å². The number of nitrogens with one attached hydrogen (secondary N) is 3. The molecule has 2 aromatic rings. The van der Waals surface area contributed by atoms with Crippen LogP contribution < -0.4 is 16.1 Å². The molecule has 0 aliphatic heterocycles. The molecule has 0 spiro atoms. The third-order valence-corrected chi connectivity index (χ3v) is 4.90. The van der Waals surface area contributed by atoms with Gasteiger partial charge in [0.05, 0.1) is 6.10 Å². The fraction of sp³-hybridized carbons (Fsp3) is 0.375. The number of rotatable bonds is 10. The van der Waals surface area contributed by atoms with Crippen LogP contribution in [-0.4, -0.2) is 46.7 Å². The van der Waals surface area contributed by atoms with E-state index in [1.165, 1.54) is 18.0 Å². The summed E-state index contributed by atoms with van der Waals surface area (Å²) >= 11 is 0. The van der Waals surface area contributed by atoms with Gasteiger partial charge in [-0.05, 0) is 48.6 Å². The molecule has 2 aromatic carbocycles. The van der Waals surface area contributed by atoms with Crippen molar-refractivity contribution >= 4 is 17.7 Å². The molecule has 0 heterocycles. The van der Waals surface area contributed by atoms with Crippen molar-refractivity contribution in [2.75, 3.05) is 6.54 Å². The zero-order valence-electron chi connectivity index (χ0n) is 17.7. The van der Waals surface area contributed by atoms with Crippen LogP contribution in [0.5, 0.6) is 0 Å². The van der Waals surface area contributed by atoms with Crippen LogP contribution in [0.4, 0.5) is 0 Å². The predicted molar refractivity (Wildman–Crippen MR) is 123 cm³/mol. The number of hydrogen-bond donors (Lipinski definition) is 5. The Morgan fingerprint density at radius 3 is 2.03 bits per heavy atom. The van der Waals surface area contributed by atoms with E-state index in [-0.39, 0.29) is 26.3 Å². The van der Waals surface area contributed by atoms with Crippen LogP contribution in [0, 0.1) is 0 Å². The maximum Gasteiger partial charge on any atom is 0.268 e. The molecule has 174 valence electrons. The Morgan fingerprint density at radius 1 is 0.969 bits per heavy atom. The van der Waals surface area contributed by atoms with E-state index in [0.717, 1.165) is 17.5 Å². The van der Waals surface area contributed by atoms with Gasteiger partial charge in [-0.15, -0.1) is 0 Å². The molecule has 2 rings (SSSR count). The summed E-state index contributed by atoms with van der Waals surface area (Å²) in [5, 5.41) is 23.2. The highest BCUT2D eigenvalue weighted by Gasteiger charge is 2.24. The van der Waals surface area contributed by atoms with Gasteiger partial charge in [0.15, 0.2) is 0 Å². The van der Waals surface area contributed by atoms with Gasteiger partial charge in [0.2, 0.25) is 5.91 Å². The fourth-order valence-electron chi connectivity index (χ4n) is 3.02. The third-order valence-electron chi connectivity index (χ3n) is 4.90. The molecule has 0 aliphatic carbocycles. The molecule has 0 saturated heterocycles. The molecule has 0 bridgehead atoms. The van der Waals surface area contributed by atoms with Gasteiger partial charge in [0.25, 0.3) is 11.8 Å². The summed E-state index contributed by atoms with van der Waals surface area (Å²) < 4.78 is 0. The van der Waals surface area contributed by atoms with E-state index in [1.54, 1.807) is 12.1 Å². The SMILES string of the molecule is C.CCc1ccc(-c2ccc(C(=O)NCCCC(=O)N[C@H](C(=O)NO)[C@@H](C)O)cc2)cc1. The highest BCUT2D eigenvalue weighted by atomic mass is 16.5. The van der Waals surface area contributed by atoms with E-state index in [2.05, 4.69) is 41.8 Å². The Kier molecular flexibility index (Phi) is 11.1. The Morgan fingerprint density at radius 2 is 1.53 bits per heavy atom. The molecular formula is C24H33N3O5. The molecule has 0 aliphatic rings. The summed E-state index contributed by atoms with van der Waals surface area (Å²) in [6, 6.07) is 14.4. The zero-order chi connectivity index (χ0) is 22.8. The van der Waals surface area contributed by atoms with E-state index in [4.69, 9.17) is 5.21 Å². The first-order valence-electron chi connectivity index (χ1n) is 10.2. The quantitative estimate of drug-likeness (QED) is 0.219. The van der Waals surface area contributed by atoms with Gasteiger partial charge in [-0.2, -0.15) is 0 Å². The van der Waals surface area contributed by atoms with Gasteiger partial charge in [-0.1, -0.05) is 50.7 Å². The molecular weight excluding hydrogens is 410 g/mol. The Bertz CT molecular complexity index is 880. The number of carbonyl (C=O) groups excluding carboxylic acids is 3. The van der Waals surface area contributed by atoms with E-state index < -0.39 is 24.0 Å². The summed E-state index contributed by atoms with van der Waals surface area (Å²) in [4.78, 5) is 35.6. The lowest BCUT2D eigenvalue weighted by molar-refractivity contribution is -0.137. The second-order valence-electron chi connectivity index (χ2n) is 7.25. The van der Waals surface area contributed by atoms with Gasteiger partial charge in [0.1, 0.15) is 6.04 Å². The van der Waals surface area contributed by atoms with Gasteiger partial charge in [-0.25, -0.2) is 5.48 Å². The minimum atomic E-state index is -1.25. The summed E-state index contributed by atoms with van der Waals surface area (Å²) in [5.74, 6) is -1.61. The number of aliphatic hydroxyl groups is 1. The Labute approximate surface area is 189 Å². The molecule has 0 unspecified atom stereocenters. The van der Waals surface area contributed by atoms with Crippen molar-refractivity contribution in [1.82, 2.24) is 16.1 Å².